The minimum absolute atomic E-state index is 0.0444. The molecule has 2 aromatic carbocycles. The van der Waals surface area contributed by atoms with Crippen molar-refractivity contribution in [2.24, 2.45) is 5.16 Å². The van der Waals surface area contributed by atoms with Crippen molar-refractivity contribution < 1.29 is 23.8 Å². The fourth-order valence-corrected chi connectivity index (χ4v) is 4.15. The molecule has 1 heterocycles. The topological polar surface area (TPSA) is 88.4 Å². The Hall–Kier alpha value is -3.33. The third-order valence-corrected chi connectivity index (χ3v) is 5.80. The number of rotatable bonds is 10. The van der Waals surface area contributed by atoms with E-state index in [9.17, 15) is 9.59 Å². The molecular formula is C24H28N2O6S. The van der Waals surface area contributed by atoms with E-state index in [0.29, 0.717) is 31.3 Å². The minimum Gasteiger partial charge on any atom is -0.492 e. The Morgan fingerprint density at radius 1 is 1.12 bits per heavy atom. The van der Waals surface area contributed by atoms with E-state index in [-0.39, 0.29) is 4.87 Å². The lowest BCUT2D eigenvalue weighted by Gasteiger charge is -2.24. The number of fused-ring (bicyclic) bond motifs is 1. The molecule has 1 aromatic heterocycles. The summed E-state index contributed by atoms with van der Waals surface area (Å²) >= 11 is 1.19. The van der Waals surface area contributed by atoms with Gasteiger partial charge in [-0.1, -0.05) is 22.6 Å². The van der Waals surface area contributed by atoms with Gasteiger partial charge in [0.05, 0.1) is 29.1 Å². The van der Waals surface area contributed by atoms with Gasteiger partial charge in [-0.05, 0) is 64.1 Å². The summed E-state index contributed by atoms with van der Waals surface area (Å²) in [4.78, 5) is 29.2. The first-order valence-electron chi connectivity index (χ1n) is 10.6. The van der Waals surface area contributed by atoms with Crippen LogP contribution >= 0.6 is 11.3 Å². The van der Waals surface area contributed by atoms with E-state index >= 15 is 0 Å². The van der Waals surface area contributed by atoms with Gasteiger partial charge in [-0.2, -0.15) is 0 Å². The Morgan fingerprint density at radius 3 is 2.48 bits per heavy atom. The first-order chi connectivity index (χ1) is 15.7. The van der Waals surface area contributed by atoms with E-state index in [1.165, 1.54) is 18.4 Å². The monoisotopic (exact) mass is 472 g/mol. The summed E-state index contributed by atoms with van der Waals surface area (Å²) in [5.74, 6) is 0.744. The van der Waals surface area contributed by atoms with Crippen molar-refractivity contribution >= 4 is 33.2 Å². The van der Waals surface area contributed by atoms with Crippen LogP contribution in [0.2, 0.25) is 0 Å². The van der Waals surface area contributed by atoms with Crippen LogP contribution in [0.1, 0.15) is 33.3 Å². The Morgan fingerprint density at radius 2 is 1.82 bits per heavy atom. The highest BCUT2D eigenvalue weighted by Crippen LogP contribution is 2.23. The van der Waals surface area contributed by atoms with Gasteiger partial charge < -0.3 is 19.0 Å². The van der Waals surface area contributed by atoms with Crippen molar-refractivity contribution in [1.82, 2.24) is 4.57 Å². The standard InChI is InChI=1S/C24H28N2O6S/c1-6-30-22(27)24(3,4)32-19-10-8-18(9-11-19)31-14-13-26-20-12-7-17(16(2)25-29-5)15-21(20)33-23(26)28/h7-12,15H,6,13-14H2,1-5H3/b25-16+. The average Bonchev–Trinajstić information content (AvgIpc) is 3.09. The summed E-state index contributed by atoms with van der Waals surface area (Å²) in [5, 5.41) is 3.94. The lowest BCUT2D eigenvalue weighted by Crippen LogP contribution is -2.39. The van der Waals surface area contributed by atoms with E-state index < -0.39 is 11.6 Å². The van der Waals surface area contributed by atoms with Crippen molar-refractivity contribution in [1.29, 1.82) is 0 Å². The van der Waals surface area contributed by atoms with Crippen molar-refractivity contribution in [2.45, 2.75) is 39.8 Å². The fraction of sp³-hybridized carbons (Fsp3) is 0.375. The molecule has 3 rings (SSSR count). The zero-order chi connectivity index (χ0) is 24.0. The highest BCUT2D eigenvalue weighted by Gasteiger charge is 2.31. The quantitative estimate of drug-likeness (QED) is 0.249. The zero-order valence-corrected chi connectivity index (χ0v) is 20.2. The van der Waals surface area contributed by atoms with Gasteiger partial charge in [0.15, 0.2) is 5.60 Å². The molecule has 8 nitrogen and oxygen atoms in total. The number of oxime groups is 1. The lowest BCUT2D eigenvalue weighted by atomic mass is 10.1. The summed E-state index contributed by atoms with van der Waals surface area (Å²) < 4.78 is 19.2. The number of esters is 1. The van der Waals surface area contributed by atoms with Crippen LogP contribution in [-0.4, -0.2) is 42.2 Å². The molecular weight excluding hydrogens is 444 g/mol. The molecule has 0 spiro atoms. The smallest absolute Gasteiger partial charge is 0.349 e. The van der Waals surface area contributed by atoms with Gasteiger partial charge in [-0.3, -0.25) is 9.36 Å². The third kappa shape index (κ3) is 5.92. The highest BCUT2D eigenvalue weighted by molar-refractivity contribution is 7.16. The van der Waals surface area contributed by atoms with Crippen molar-refractivity contribution in [3.8, 4) is 11.5 Å². The normalized spacial score (nSPS) is 12.0. The lowest BCUT2D eigenvalue weighted by molar-refractivity contribution is -0.158. The van der Waals surface area contributed by atoms with E-state index in [1.807, 2.05) is 25.1 Å². The van der Waals surface area contributed by atoms with E-state index in [1.54, 1.807) is 49.6 Å². The third-order valence-electron chi connectivity index (χ3n) is 4.86. The molecule has 0 saturated carbocycles. The molecule has 0 fully saturated rings. The zero-order valence-electron chi connectivity index (χ0n) is 19.4. The molecule has 33 heavy (non-hydrogen) atoms. The summed E-state index contributed by atoms with van der Waals surface area (Å²) in [6, 6.07) is 12.7. The summed E-state index contributed by atoms with van der Waals surface area (Å²) in [6.07, 6.45) is 0. The number of carbonyl (C=O) groups is 1. The van der Waals surface area contributed by atoms with Crippen LogP contribution in [0.5, 0.6) is 11.5 Å². The van der Waals surface area contributed by atoms with Gasteiger partial charge in [-0.15, -0.1) is 0 Å². The van der Waals surface area contributed by atoms with E-state index in [0.717, 1.165) is 21.5 Å². The van der Waals surface area contributed by atoms with Crippen LogP contribution in [-0.2, 0) is 20.9 Å². The predicted octanol–water partition coefficient (Wildman–Crippen LogP) is 4.23. The average molecular weight is 473 g/mol. The van der Waals surface area contributed by atoms with Crippen LogP contribution in [0, 0.1) is 0 Å². The number of hydrogen-bond acceptors (Lipinski definition) is 8. The molecule has 0 aliphatic rings. The van der Waals surface area contributed by atoms with E-state index in [2.05, 4.69) is 5.16 Å². The number of benzene rings is 2. The molecule has 0 bridgehead atoms. The van der Waals surface area contributed by atoms with E-state index in [4.69, 9.17) is 19.0 Å². The second-order valence-corrected chi connectivity index (χ2v) is 8.71. The number of thiazole rings is 1. The SMILES string of the molecule is CCOC(=O)C(C)(C)Oc1ccc(OCCn2c(=O)sc3cc(/C(C)=N/OC)ccc32)cc1. The molecule has 176 valence electrons. The van der Waals surface area contributed by atoms with Gasteiger partial charge >= 0.3 is 10.8 Å². The van der Waals surface area contributed by atoms with Crippen molar-refractivity contribution in [3.63, 3.8) is 0 Å². The number of hydrogen-bond donors (Lipinski definition) is 0. The summed E-state index contributed by atoms with van der Waals surface area (Å²) in [5.41, 5.74) is 1.41. The molecule has 0 amide bonds. The van der Waals surface area contributed by atoms with Crippen LogP contribution in [0.3, 0.4) is 0 Å². The van der Waals surface area contributed by atoms with Crippen LogP contribution in [0.25, 0.3) is 10.2 Å². The Labute approximate surface area is 196 Å². The summed E-state index contributed by atoms with van der Waals surface area (Å²) in [6.45, 7) is 7.96. The molecule has 0 radical (unpaired) electrons. The van der Waals surface area contributed by atoms with Gasteiger partial charge in [0.1, 0.15) is 25.2 Å². The minimum atomic E-state index is -1.09. The van der Waals surface area contributed by atoms with Crippen molar-refractivity contribution in [2.75, 3.05) is 20.3 Å². The molecule has 0 aliphatic carbocycles. The molecule has 0 unspecified atom stereocenters. The predicted molar refractivity (Wildman–Crippen MR) is 129 cm³/mol. The second-order valence-electron chi connectivity index (χ2n) is 7.71. The first-order valence-corrected chi connectivity index (χ1v) is 11.4. The number of nitrogens with zero attached hydrogens (tertiary/aromatic N) is 2. The van der Waals surface area contributed by atoms with Crippen LogP contribution < -0.4 is 14.3 Å². The molecule has 9 heteroatoms. The maximum Gasteiger partial charge on any atom is 0.349 e. The van der Waals surface area contributed by atoms with Gasteiger partial charge in [0, 0.05) is 5.56 Å². The van der Waals surface area contributed by atoms with Gasteiger partial charge in [-0.25, -0.2) is 4.79 Å². The molecule has 3 aromatic rings. The maximum absolute atomic E-state index is 12.5. The number of aromatic nitrogens is 1. The number of ether oxygens (including phenoxy) is 3. The van der Waals surface area contributed by atoms with Crippen LogP contribution in [0.15, 0.2) is 52.4 Å². The molecule has 0 atom stereocenters. The summed E-state index contributed by atoms with van der Waals surface area (Å²) in [7, 11) is 1.50. The van der Waals surface area contributed by atoms with Crippen molar-refractivity contribution in [3.05, 3.63) is 57.7 Å². The fourth-order valence-electron chi connectivity index (χ4n) is 3.19. The molecule has 0 saturated heterocycles. The number of carbonyl (C=O) groups excluding carboxylic acids is 1. The van der Waals surface area contributed by atoms with Gasteiger partial charge in [0.25, 0.3) is 0 Å². The van der Waals surface area contributed by atoms with Gasteiger partial charge in [0.2, 0.25) is 0 Å². The second kappa shape index (κ2) is 10.5. The Bertz CT molecular complexity index is 1190. The molecule has 0 aliphatic heterocycles. The maximum atomic E-state index is 12.5. The Kier molecular flexibility index (Phi) is 7.75. The van der Waals surface area contributed by atoms with Crippen LogP contribution in [0.4, 0.5) is 0 Å². The molecule has 0 N–H and O–H groups in total. The first kappa shape index (κ1) is 24.3. The highest BCUT2D eigenvalue weighted by atomic mass is 32.1. The largest absolute Gasteiger partial charge is 0.492 e. The Balaban J connectivity index is 1.62.